The van der Waals surface area contributed by atoms with Crippen molar-refractivity contribution in [3.8, 4) is 0 Å². The fourth-order valence-electron chi connectivity index (χ4n) is 2.50. The lowest BCUT2D eigenvalue weighted by Gasteiger charge is -2.19. The first-order chi connectivity index (χ1) is 10.7. The minimum absolute atomic E-state index is 0.00927. The zero-order chi connectivity index (χ0) is 16.8. The number of benzene rings is 1. The van der Waals surface area contributed by atoms with Crippen LogP contribution in [-0.4, -0.2) is 31.3 Å². The summed E-state index contributed by atoms with van der Waals surface area (Å²) in [4.78, 5) is 12.4. The van der Waals surface area contributed by atoms with Crippen molar-refractivity contribution in [2.45, 2.75) is 32.4 Å². The predicted octanol–water partition coefficient (Wildman–Crippen LogP) is 2.33. The zero-order valence-electron chi connectivity index (χ0n) is 13.1. The Morgan fingerprint density at radius 1 is 1.35 bits per heavy atom. The van der Waals surface area contributed by atoms with Crippen molar-refractivity contribution in [2.75, 3.05) is 6.61 Å². The molecule has 1 aliphatic rings. The van der Waals surface area contributed by atoms with Crippen LogP contribution in [0.15, 0.2) is 30.5 Å². The molecule has 3 rings (SSSR count). The molecule has 2 aromatic rings. The van der Waals surface area contributed by atoms with E-state index in [4.69, 9.17) is 8.92 Å². The highest BCUT2D eigenvalue weighted by Gasteiger charge is 2.32. The van der Waals surface area contributed by atoms with E-state index >= 15 is 0 Å². The van der Waals surface area contributed by atoms with Crippen LogP contribution < -0.4 is 4.72 Å². The lowest BCUT2D eigenvalue weighted by molar-refractivity contribution is 0.0544. The summed E-state index contributed by atoms with van der Waals surface area (Å²) < 4.78 is 36.9. The molecule has 0 bridgehead atoms. The third-order valence-electron chi connectivity index (χ3n) is 3.38. The monoisotopic (exact) mass is 338 g/mol. The van der Waals surface area contributed by atoms with Crippen LogP contribution in [-0.2, 0) is 19.2 Å². The number of carbonyl (C=O) groups is 1. The van der Waals surface area contributed by atoms with Gasteiger partial charge in [0.25, 0.3) is 0 Å². The minimum Gasteiger partial charge on any atom is -0.443 e. The lowest BCUT2D eigenvalue weighted by atomic mass is 10.1. The Balaban J connectivity index is 2.06. The summed E-state index contributed by atoms with van der Waals surface area (Å²) in [5.41, 5.74) is 0.705. The van der Waals surface area contributed by atoms with E-state index in [2.05, 4.69) is 4.72 Å². The molecule has 1 fully saturated rings. The van der Waals surface area contributed by atoms with Crippen molar-refractivity contribution in [2.24, 2.45) is 0 Å². The van der Waals surface area contributed by atoms with E-state index in [1.54, 1.807) is 33.0 Å². The minimum atomic E-state index is -3.73. The van der Waals surface area contributed by atoms with E-state index in [1.165, 1.54) is 4.57 Å². The Morgan fingerprint density at radius 2 is 2.04 bits per heavy atom. The van der Waals surface area contributed by atoms with Crippen LogP contribution in [0.1, 0.15) is 32.4 Å². The Labute approximate surface area is 134 Å². The van der Waals surface area contributed by atoms with Crippen LogP contribution in [0.4, 0.5) is 4.79 Å². The summed E-state index contributed by atoms with van der Waals surface area (Å²) in [5, 5.41) is 0.775. The quantitative estimate of drug-likeness (QED) is 0.862. The van der Waals surface area contributed by atoms with Gasteiger partial charge in [-0.2, -0.15) is 13.1 Å². The lowest BCUT2D eigenvalue weighted by Crippen LogP contribution is -2.26. The molecule has 0 saturated carbocycles. The molecular formula is C15H18N2O5S. The number of fused-ring (bicyclic) bond motifs is 1. The number of rotatable bonds is 1. The molecule has 0 amide bonds. The molecular weight excluding hydrogens is 320 g/mol. The standard InChI is InChI=1S/C15H18N2O5S/c1-15(2,3)22-14(18)17-8-11(10-6-4-5-7-13(10)17)12-9-21-23(19,20)16-12/h4-8,12,16H,9H2,1-3H3/t12-/m1/s1. The first-order valence-corrected chi connectivity index (χ1v) is 8.57. The molecule has 0 aliphatic carbocycles. The van der Waals surface area contributed by atoms with E-state index in [0.29, 0.717) is 11.1 Å². The second kappa shape index (κ2) is 5.33. The summed E-state index contributed by atoms with van der Waals surface area (Å²) in [7, 11) is -3.73. The smallest absolute Gasteiger partial charge is 0.419 e. The average molecular weight is 338 g/mol. The Kier molecular flexibility index (Phi) is 3.70. The normalized spacial score (nSPS) is 20.7. The van der Waals surface area contributed by atoms with Crippen molar-refractivity contribution >= 4 is 27.3 Å². The second-order valence-electron chi connectivity index (χ2n) is 6.36. The van der Waals surface area contributed by atoms with Crippen LogP contribution >= 0.6 is 0 Å². The highest BCUT2D eigenvalue weighted by molar-refractivity contribution is 7.84. The molecule has 7 nitrogen and oxygen atoms in total. The topological polar surface area (TPSA) is 86.6 Å². The van der Waals surface area contributed by atoms with Gasteiger partial charge in [0.05, 0.1) is 18.2 Å². The number of para-hydroxylation sites is 1. The van der Waals surface area contributed by atoms with Crippen LogP contribution in [0, 0.1) is 0 Å². The third-order valence-corrected chi connectivity index (χ3v) is 4.40. The van der Waals surface area contributed by atoms with E-state index in [-0.39, 0.29) is 6.61 Å². The maximum Gasteiger partial charge on any atom is 0.419 e. The van der Waals surface area contributed by atoms with Crippen molar-refractivity contribution in [3.63, 3.8) is 0 Å². The van der Waals surface area contributed by atoms with Gasteiger partial charge in [-0.15, -0.1) is 0 Å². The van der Waals surface area contributed by atoms with Crippen molar-refractivity contribution in [1.82, 2.24) is 9.29 Å². The third kappa shape index (κ3) is 3.24. The molecule has 8 heteroatoms. The molecule has 1 aromatic heterocycles. The summed E-state index contributed by atoms with van der Waals surface area (Å²) >= 11 is 0. The van der Waals surface area contributed by atoms with E-state index in [1.807, 2.05) is 18.2 Å². The van der Waals surface area contributed by atoms with Gasteiger partial charge in [0.1, 0.15) is 5.60 Å². The van der Waals surface area contributed by atoms with Crippen LogP contribution in [0.2, 0.25) is 0 Å². The number of ether oxygens (including phenoxy) is 1. The fourth-order valence-corrected chi connectivity index (χ4v) is 3.43. The molecule has 1 aromatic carbocycles. The van der Waals surface area contributed by atoms with Gasteiger partial charge < -0.3 is 4.74 Å². The van der Waals surface area contributed by atoms with Crippen LogP contribution in [0.25, 0.3) is 10.9 Å². The largest absolute Gasteiger partial charge is 0.443 e. The Bertz CT molecular complexity index is 864. The first kappa shape index (κ1) is 16.0. The summed E-state index contributed by atoms with van der Waals surface area (Å²) in [6.07, 6.45) is 1.09. The van der Waals surface area contributed by atoms with Gasteiger partial charge in [-0.25, -0.2) is 4.79 Å². The number of hydrogen-bond donors (Lipinski definition) is 1. The summed E-state index contributed by atoms with van der Waals surface area (Å²) in [5.74, 6) is 0. The van der Waals surface area contributed by atoms with E-state index in [0.717, 1.165) is 5.39 Å². The molecule has 124 valence electrons. The van der Waals surface area contributed by atoms with Gasteiger partial charge in [-0.3, -0.25) is 8.75 Å². The van der Waals surface area contributed by atoms with Crippen LogP contribution in [0.5, 0.6) is 0 Å². The van der Waals surface area contributed by atoms with Gasteiger partial charge in [0.15, 0.2) is 0 Å². The fraction of sp³-hybridized carbons (Fsp3) is 0.400. The maximum absolute atomic E-state index is 12.4. The van der Waals surface area contributed by atoms with Gasteiger partial charge in [-0.1, -0.05) is 18.2 Å². The van der Waals surface area contributed by atoms with E-state index < -0.39 is 28.0 Å². The van der Waals surface area contributed by atoms with E-state index in [9.17, 15) is 13.2 Å². The second-order valence-corrected chi connectivity index (χ2v) is 7.74. The molecule has 1 N–H and O–H groups in total. The summed E-state index contributed by atoms with van der Waals surface area (Å²) in [6, 6.07) is 6.72. The van der Waals surface area contributed by atoms with Gasteiger partial charge in [0.2, 0.25) is 0 Å². The number of nitrogens with one attached hydrogen (secondary N) is 1. The first-order valence-electron chi connectivity index (χ1n) is 7.16. The summed E-state index contributed by atoms with van der Waals surface area (Å²) in [6.45, 7) is 5.36. The van der Waals surface area contributed by atoms with Crippen molar-refractivity contribution < 1.29 is 22.1 Å². The van der Waals surface area contributed by atoms with Crippen molar-refractivity contribution in [1.29, 1.82) is 0 Å². The number of carbonyl (C=O) groups excluding carboxylic acids is 1. The predicted molar refractivity (Wildman–Crippen MR) is 84.3 cm³/mol. The molecule has 1 saturated heterocycles. The van der Waals surface area contributed by atoms with Gasteiger partial charge in [-0.05, 0) is 32.4 Å². The molecule has 1 atom stereocenters. The Morgan fingerprint density at radius 3 is 2.65 bits per heavy atom. The molecule has 1 aliphatic heterocycles. The molecule has 0 radical (unpaired) electrons. The zero-order valence-corrected chi connectivity index (χ0v) is 13.9. The molecule has 0 spiro atoms. The number of nitrogens with zero attached hydrogens (tertiary/aromatic N) is 1. The Hall–Kier alpha value is -1.90. The van der Waals surface area contributed by atoms with Crippen LogP contribution in [0.3, 0.4) is 0 Å². The maximum atomic E-state index is 12.4. The average Bonchev–Trinajstić information content (AvgIpc) is 2.97. The molecule has 2 heterocycles. The van der Waals surface area contributed by atoms with Crippen molar-refractivity contribution in [3.05, 3.63) is 36.0 Å². The highest BCUT2D eigenvalue weighted by atomic mass is 32.2. The molecule has 23 heavy (non-hydrogen) atoms. The highest BCUT2D eigenvalue weighted by Crippen LogP contribution is 2.30. The van der Waals surface area contributed by atoms with Gasteiger partial charge >= 0.3 is 16.4 Å². The number of hydrogen-bond acceptors (Lipinski definition) is 5. The van der Waals surface area contributed by atoms with Gasteiger partial charge in [0, 0.05) is 11.6 Å². The SMILES string of the molecule is CC(C)(C)OC(=O)n1cc([C@H]2COS(=O)(=O)N2)c2ccccc21. The number of aromatic nitrogens is 1. The molecule has 0 unspecified atom stereocenters.